The van der Waals surface area contributed by atoms with E-state index in [1.807, 2.05) is 0 Å². The summed E-state index contributed by atoms with van der Waals surface area (Å²) in [5.74, 6) is -1.12. The molecule has 7 nitrogen and oxygen atoms in total. The molecule has 2 amide bonds. The quantitative estimate of drug-likeness (QED) is 0.730. The van der Waals surface area contributed by atoms with Crippen LogP contribution in [0.1, 0.15) is 24.2 Å². The molecule has 0 aliphatic rings. The molecule has 0 radical (unpaired) electrons. The highest BCUT2D eigenvalue weighted by molar-refractivity contribution is 5.98. The lowest BCUT2D eigenvalue weighted by atomic mass is 10.2. The lowest BCUT2D eigenvalue weighted by molar-refractivity contribution is -0.154. The molecule has 2 aromatic rings. The van der Waals surface area contributed by atoms with Gasteiger partial charge in [-0.1, -0.05) is 30.3 Å². The Hall–Kier alpha value is -3.35. The van der Waals surface area contributed by atoms with Crippen molar-refractivity contribution < 1.29 is 23.9 Å². The van der Waals surface area contributed by atoms with E-state index < -0.39 is 29.9 Å². The van der Waals surface area contributed by atoms with Crippen molar-refractivity contribution in [2.24, 2.45) is 0 Å². The Kier molecular flexibility index (Phi) is 6.93. The number of methoxy groups -OCH3 is 1. The molecule has 0 aliphatic heterocycles. The molecular weight excluding hydrogens is 348 g/mol. The summed E-state index contributed by atoms with van der Waals surface area (Å²) in [5, 5.41) is 5.19. The fourth-order valence-corrected chi connectivity index (χ4v) is 2.24. The van der Waals surface area contributed by atoms with Crippen molar-refractivity contribution in [2.45, 2.75) is 26.0 Å². The summed E-state index contributed by atoms with van der Waals surface area (Å²) in [7, 11) is 1.49. The Morgan fingerprint density at radius 1 is 0.926 bits per heavy atom. The van der Waals surface area contributed by atoms with E-state index in [4.69, 9.17) is 9.47 Å². The van der Waals surface area contributed by atoms with Crippen LogP contribution in [0.5, 0.6) is 5.75 Å². The van der Waals surface area contributed by atoms with Gasteiger partial charge in [-0.25, -0.2) is 4.79 Å². The van der Waals surface area contributed by atoms with Gasteiger partial charge in [0, 0.05) is 5.56 Å². The van der Waals surface area contributed by atoms with Crippen LogP contribution in [0.3, 0.4) is 0 Å². The summed E-state index contributed by atoms with van der Waals surface area (Å²) in [6.07, 6.45) is -1.04. The van der Waals surface area contributed by atoms with E-state index in [0.717, 1.165) is 0 Å². The molecule has 2 atom stereocenters. The van der Waals surface area contributed by atoms with Gasteiger partial charge in [0.15, 0.2) is 6.10 Å². The number of carbonyl (C=O) groups excluding carboxylic acids is 3. The van der Waals surface area contributed by atoms with Crippen LogP contribution in [0.2, 0.25) is 0 Å². The van der Waals surface area contributed by atoms with Crippen molar-refractivity contribution >= 4 is 23.5 Å². The Morgan fingerprint density at radius 2 is 1.56 bits per heavy atom. The number of carbonyl (C=O) groups is 3. The largest absolute Gasteiger partial charge is 0.495 e. The zero-order valence-corrected chi connectivity index (χ0v) is 15.4. The fraction of sp³-hybridized carbons (Fsp3) is 0.250. The Labute approximate surface area is 157 Å². The lowest BCUT2D eigenvalue weighted by Gasteiger charge is -2.18. The first-order valence-electron chi connectivity index (χ1n) is 8.42. The van der Waals surface area contributed by atoms with Gasteiger partial charge in [-0.2, -0.15) is 0 Å². The number of anilines is 1. The highest BCUT2D eigenvalue weighted by atomic mass is 16.5. The van der Waals surface area contributed by atoms with Crippen LogP contribution in [0.25, 0.3) is 0 Å². The molecule has 2 rings (SSSR count). The number of hydrogen-bond donors (Lipinski definition) is 2. The normalized spacial score (nSPS) is 12.4. The Balaban J connectivity index is 1.90. The van der Waals surface area contributed by atoms with Crippen molar-refractivity contribution in [3.05, 3.63) is 60.2 Å². The highest BCUT2D eigenvalue weighted by Gasteiger charge is 2.24. The summed E-state index contributed by atoms with van der Waals surface area (Å²) < 4.78 is 10.3. The molecular formula is C20H22N2O5. The van der Waals surface area contributed by atoms with Crippen molar-refractivity contribution in [1.82, 2.24) is 5.32 Å². The maximum Gasteiger partial charge on any atom is 0.329 e. The molecule has 0 fully saturated rings. The molecule has 2 aromatic carbocycles. The molecule has 2 N–H and O–H groups in total. The predicted octanol–water partition coefficient (Wildman–Crippen LogP) is 2.38. The van der Waals surface area contributed by atoms with Gasteiger partial charge in [-0.05, 0) is 38.1 Å². The summed E-state index contributed by atoms with van der Waals surface area (Å²) >= 11 is 0. The van der Waals surface area contributed by atoms with Crippen LogP contribution in [-0.2, 0) is 14.3 Å². The number of benzene rings is 2. The van der Waals surface area contributed by atoms with Gasteiger partial charge in [0.05, 0.1) is 12.8 Å². The molecule has 0 heterocycles. The van der Waals surface area contributed by atoms with Crippen molar-refractivity contribution in [3.8, 4) is 5.75 Å². The van der Waals surface area contributed by atoms with Crippen LogP contribution in [0.4, 0.5) is 5.69 Å². The molecule has 0 bridgehead atoms. The first kappa shape index (κ1) is 20.0. The molecule has 1 unspecified atom stereocenters. The summed E-state index contributed by atoms with van der Waals surface area (Å²) in [6.45, 7) is 2.95. The average Bonchev–Trinajstić information content (AvgIpc) is 2.68. The van der Waals surface area contributed by atoms with E-state index in [-0.39, 0.29) is 0 Å². The SMILES string of the molecule is COc1ccccc1NC(=O)C(C)OC(=O)[C@H](C)NC(=O)c1ccccc1. The molecule has 0 spiro atoms. The monoisotopic (exact) mass is 370 g/mol. The summed E-state index contributed by atoms with van der Waals surface area (Å²) in [6, 6.07) is 14.5. The maximum atomic E-state index is 12.3. The number of nitrogens with one attached hydrogen (secondary N) is 2. The van der Waals surface area contributed by atoms with Crippen molar-refractivity contribution in [2.75, 3.05) is 12.4 Å². The smallest absolute Gasteiger partial charge is 0.329 e. The molecule has 7 heteroatoms. The Morgan fingerprint density at radius 3 is 2.22 bits per heavy atom. The number of para-hydroxylation sites is 2. The predicted molar refractivity (Wildman–Crippen MR) is 101 cm³/mol. The minimum atomic E-state index is -1.04. The minimum absolute atomic E-state index is 0.397. The summed E-state index contributed by atoms with van der Waals surface area (Å²) in [5.41, 5.74) is 0.900. The topological polar surface area (TPSA) is 93.7 Å². The second-order valence-electron chi connectivity index (χ2n) is 5.83. The minimum Gasteiger partial charge on any atom is -0.495 e. The van der Waals surface area contributed by atoms with E-state index in [0.29, 0.717) is 17.0 Å². The van der Waals surface area contributed by atoms with Gasteiger partial charge >= 0.3 is 5.97 Å². The molecule has 0 saturated carbocycles. The third kappa shape index (κ3) is 5.57. The zero-order valence-electron chi connectivity index (χ0n) is 15.4. The number of rotatable bonds is 7. The first-order chi connectivity index (χ1) is 12.9. The van der Waals surface area contributed by atoms with E-state index in [9.17, 15) is 14.4 Å². The fourth-order valence-electron chi connectivity index (χ4n) is 2.24. The number of amides is 2. The van der Waals surface area contributed by atoms with Gasteiger partial charge in [0.1, 0.15) is 11.8 Å². The molecule has 0 aromatic heterocycles. The van der Waals surface area contributed by atoms with Crippen LogP contribution < -0.4 is 15.4 Å². The third-order valence-corrected chi connectivity index (χ3v) is 3.76. The third-order valence-electron chi connectivity index (χ3n) is 3.76. The van der Waals surface area contributed by atoms with Crippen LogP contribution in [0.15, 0.2) is 54.6 Å². The second kappa shape index (κ2) is 9.38. The van der Waals surface area contributed by atoms with Crippen molar-refractivity contribution in [3.63, 3.8) is 0 Å². The van der Waals surface area contributed by atoms with E-state index in [1.54, 1.807) is 54.6 Å². The maximum absolute atomic E-state index is 12.3. The van der Waals surface area contributed by atoms with Gasteiger partial charge in [0.2, 0.25) is 0 Å². The van der Waals surface area contributed by atoms with Crippen molar-refractivity contribution in [1.29, 1.82) is 0 Å². The van der Waals surface area contributed by atoms with Crippen LogP contribution >= 0.6 is 0 Å². The van der Waals surface area contributed by atoms with Crippen LogP contribution in [-0.4, -0.2) is 37.0 Å². The van der Waals surface area contributed by atoms with E-state index in [1.165, 1.54) is 21.0 Å². The lowest BCUT2D eigenvalue weighted by Crippen LogP contribution is -2.42. The first-order valence-corrected chi connectivity index (χ1v) is 8.42. The van der Waals surface area contributed by atoms with E-state index in [2.05, 4.69) is 10.6 Å². The molecule has 0 aliphatic carbocycles. The van der Waals surface area contributed by atoms with Crippen LogP contribution in [0, 0.1) is 0 Å². The number of esters is 1. The second-order valence-corrected chi connectivity index (χ2v) is 5.83. The number of hydrogen-bond acceptors (Lipinski definition) is 5. The molecule has 142 valence electrons. The average molecular weight is 370 g/mol. The van der Waals surface area contributed by atoms with Gasteiger partial charge in [0.25, 0.3) is 11.8 Å². The summed E-state index contributed by atoms with van der Waals surface area (Å²) in [4.78, 5) is 36.5. The number of ether oxygens (including phenoxy) is 2. The zero-order chi connectivity index (χ0) is 19.8. The van der Waals surface area contributed by atoms with Gasteiger partial charge in [-0.15, -0.1) is 0 Å². The Bertz CT molecular complexity index is 807. The van der Waals surface area contributed by atoms with Gasteiger partial charge < -0.3 is 20.1 Å². The van der Waals surface area contributed by atoms with Gasteiger partial charge in [-0.3, -0.25) is 9.59 Å². The highest BCUT2D eigenvalue weighted by Crippen LogP contribution is 2.23. The van der Waals surface area contributed by atoms with E-state index >= 15 is 0 Å². The molecule has 27 heavy (non-hydrogen) atoms. The molecule has 0 saturated heterocycles. The standard InChI is InChI=1S/C20H22N2O5/c1-13(21-19(24)15-9-5-4-6-10-15)20(25)27-14(2)18(23)22-16-11-7-8-12-17(16)26-3/h4-14H,1-3H3,(H,21,24)(H,22,23)/t13-,14?/m0/s1.